The van der Waals surface area contributed by atoms with Gasteiger partial charge < -0.3 is 10.7 Å². The molecule has 0 amide bonds. The predicted molar refractivity (Wildman–Crippen MR) is 65.2 cm³/mol. The summed E-state index contributed by atoms with van der Waals surface area (Å²) in [6.45, 7) is 8.22. The molecule has 0 aliphatic heterocycles. The van der Waals surface area contributed by atoms with Gasteiger partial charge >= 0.3 is 0 Å². The number of aromatic nitrogens is 3. The van der Waals surface area contributed by atoms with Crippen molar-refractivity contribution in [1.29, 1.82) is 0 Å². The van der Waals surface area contributed by atoms with Crippen molar-refractivity contribution in [2.75, 3.05) is 0 Å². The number of nitrogens with one attached hydrogen (secondary N) is 1. The van der Waals surface area contributed by atoms with Crippen LogP contribution >= 0.6 is 0 Å². The fraction of sp³-hybridized carbons (Fsp3) is 0.500. The van der Waals surface area contributed by atoms with E-state index in [1.165, 1.54) is 0 Å². The number of nitrogens with zero attached hydrogens (tertiary/aromatic N) is 2. The Morgan fingerprint density at radius 3 is 2.50 bits per heavy atom. The van der Waals surface area contributed by atoms with E-state index in [0.717, 1.165) is 16.9 Å². The molecule has 0 radical (unpaired) electrons. The van der Waals surface area contributed by atoms with Gasteiger partial charge in [0.2, 0.25) is 0 Å². The molecule has 0 fully saturated rings. The average molecular weight is 218 g/mol. The molecule has 86 valence electrons. The first-order chi connectivity index (χ1) is 7.32. The van der Waals surface area contributed by atoms with Gasteiger partial charge in [-0.15, -0.1) is 0 Å². The minimum absolute atomic E-state index is 0.216. The smallest absolute Gasteiger partial charge is 0.114 e. The fourth-order valence-corrected chi connectivity index (χ4v) is 1.46. The number of nitrogens with two attached hydrogens (primary N) is 1. The monoisotopic (exact) mass is 218 g/mol. The summed E-state index contributed by atoms with van der Waals surface area (Å²) < 4.78 is 0. The summed E-state index contributed by atoms with van der Waals surface area (Å²) in [5, 5.41) is 0. The molecule has 0 aliphatic carbocycles. The molecule has 0 unspecified atom stereocenters. The molecular formula is C12H18N4. The van der Waals surface area contributed by atoms with E-state index in [4.69, 9.17) is 5.73 Å². The second kappa shape index (κ2) is 3.28. The first kappa shape index (κ1) is 11.1. The summed E-state index contributed by atoms with van der Waals surface area (Å²) in [6, 6.07) is 1.90. The molecule has 0 spiro atoms. The highest BCUT2D eigenvalue weighted by Gasteiger charge is 2.37. The molecule has 4 heteroatoms. The number of aromatic amines is 1. The van der Waals surface area contributed by atoms with E-state index in [2.05, 4.69) is 28.8 Å². The van der Waals surface area contributed by atoms with Gasteiger partial charge in [-0.2, -0.15) is 0 Å². The molecule has 0 aliphatic rings. The molecule has 0 saturated heterocycles. The highest BCUT2D eigenvalue weighted by Crippen LogP contribution is 2.31. The van der Waals surface area contributed by atoms with Crippen molar-refractivity contribution in [2.45, 2.75) is 38.6 Å². The SMILES string of the molecule is CC(C)(N)C(C)(C)c1nc2ccncc2[nH]1. The number of hydrogen-bond donors (Lipinski definition) is 2. The Morgan fingerprint density at radius 2 is 1.94 bits per heavy atom. The van der Waals surface area contributed by atoms with Gasteiger partial charge in [0, 0.05) is 17.2 Å². The summed E-state index contributed by atoms with van der Waals surface area (Å²) in [6.07, 6.45) is 3.53. The Labute approximate surface area is 95.3 Å². The summed E-state index contributed by atoms with van der Waals surface area (Å²) in [4.78, 5) is 11.9. The normalized spacial score (nSPS) is 13.3. The molecule has 2 aromatic rings. The van der Waals surface area contributed by atoms with Crippen LogP contribution in [-0.4, -0.2) is 20.5 Å². The van der Waals surface area contributed by atoms with Crippen LogP contribution in [-0.2, 0) is 5.41 Å². The molecule has 0 aromatic carbocycles. The van der Waals surface area contributed by atoms with Crippen LogP contribution < -0.4 is 5.73 Å². The lowest BCUT2D eigenvalue weighted by Crippen LogP contribution is -2.50. The Kier molecular flexibility index (Phi) is 2.27. The maximum absolute atomic E-state index is 6.19. The molecule has 2 rings (SSSR count). The van der Waals surface area contributed by atoms with E-state index in [1.54, 1.807) is 12.4 Å². The number of pyridine rings is 1. The van der Waals surface area contributed by atoms with E-state index >= 15 is 0 Å². The van der Waals surface area contributed by atoms with Crippen molar-refractivity contribution in [3.05, 3.63) is 24.3 Å². The average Bonchev–Trinajstić information content (AvgIpc) is 2.59. The molecule has 16 heavy (non-hydrogen) atoms. The van der Waals surface area contributed by atoms with Gasteiger partial charge in [0.25, 0.3) is 0 Å². The van der Waals surface area contributed by atoms with Crippen molar-refractivity contribution >= 4 is 11.0 Å². The quantitative estimate of drug-likeness (QED) is 0.809. The van der Waals surface area contributed by atoms with Crippen LogP contribution in [0.2, 0.25) is 0 Å². The van der Waals surface area contributed by atoms with E-state index < -0.39 is 0 Å². The van der Waals surface area contributed by atoms with Crippen molar-refractivity contribution in [1.82, 2.24) is 15.0 Å². The topological polar surface area (TPSA) is 67.6 Å². The first-order valence-corrected chi connectivity index (χ1v) is 5.41. The van der Waals surface area contributed by atoms with Crippen LogP contribution in [0.1, 0.15) is 33.5 Å². The van der Waals surface area contributed by atoms with Crippen molar-refractivity contribution in [3.8, 4) is 0 Å². The first-order valence-electron chi connectivity index (χ1n) is 5.41. The minimum Gasteiger partial charge on any atom is -0.340 e. The van der Waals surface area contributed by atoms with Crippen molar-refractivity contribution in [2.24, 2.45) is 5.73 Å². The van der Waals surface area contributed by atoms with Gasteiger partial charge in [-0.1, -0.05) is 13.8 Å². The summed E-state index contributed by atoms with van der Waals surface area (Å²) in [5.41, 5.74) is 7.52. The number of fused-ring (bicyclic) bond motifs is 1. The number of rotatable bonds is 2. The maximum atomic E-state index is 6.19. The Bertz CT molecular complexity index is 472. The van der Waals surface area contributed by atoms with Gasteiger partial charge in [-0.25, -0.2) is 4.98 Å². The predicted octanol–water partition coefficient (Wildman–Crippen LogP) is 1.97. The minimum atomic E-state index is -0.339. The molecule has 4 nitrogen and oxygen atoms in total. The standard InChI is InChI=1S/C12H18N4/c1-11(2,12(3,4)13)10-15-8-5-6-14-7-9(8)16-10/h5-7H,13H2,1-4H3,(H,15,16). The van der Waals surface area contributed by atoms with Crippen LogP contribution in [0.5, 0.6) is 0 Å². The highest BCUT2D eigenvalue weighted by molar-refractivity contribution is 5.73. The molecule has 0 saturated carbocycles. The van der Waals surface area contributed by atoms with E-state index in [-0.39, 0.29) is 11.0 Å². The third-order valence-corrected chi connectivity index (χ3v) is 3.49. The van der Waals surface area contributed by atoms with Gasteiger partial charge in [-0.05, 0) is 19.9 Å². The van der Waals surface area contributed by atoms with E-state index in [1.807, 2.05) is 19.9 Å². The lowest BCUT2D eigenvalue weighted by atomic mass is 9.74. The van der Waals surface area contributed by atoms with E-state index in [0.29, 0.717) is 0 Å². The molecule has 0 atom stereocenters. The molecule has 3 N–H and O–H groups in total. The maximum Gasteiger partial charge on any atom is 0.114 e. The van der Waals surface area contributed by atoms with E-state index in [9.17, 15) is 0 Å². The largest absolute Gasteiger partial charge is 0.340 e. The second-order valence-corrected chi connectivity index (χ2v) is 5.32. The third kappa shape index (κ3) is 1.59. The fourth-order valence-electron chi connectivity index (χ4n) is 1.46. The highest BCUT2D eigenvalue weighted by atomic mass is 15.0. The van der Waals surface area contributed by atoms with Crippen LogP contribution in [0, 0.1) is 0 Å². The summed E-state index contributed by atoms with van der Waals surface area (Å²) in [7, 11) is 0. The lowest BCUT2D eigenvalue weighted by molar-refractivity contribution is 0.293. The number of hydrogen-bond acceptors (Lipinski definition) is 3. The summed E-state index contributed by atoms with van der Waals surface area (Å²) >= 11 is 0. The Balaban J connectivity index is 2.56. The Morgan fingerprint density at radius 1 is 1.25 bits per heavy atom. The zero-order chi connectivity index (χ0) is 12.0. The molecular weight excluding hydrogens is 200 g/mol. The second-order valence-electron chi connectivity index (χ2n) is 5.32. The molecule has 2 heterocycles. The van der Waals surface area contributed by atoms with Crippen molar-refractivity contribution in [3.63, 3.8) is 0 Å². The number of imidazole rings is 1. The Hall–Kier alpha value is -1.42. The van der Waals surface area contributed by atoms with Crippen LogP contribution in [0.25, 0.3) is 11.0 Å². The van der Waals surface area contributed by atoms with Crippen molar-refractivity contribution < 1.29 is 0 Å². The third-order valence-electron chi connectivity index (χ3n) is 3.49. The summed E-state index contributed by atoms with van der Waals surface area (Å²) in [5.74, 6) is 0.906. The van der Waals surface area contributed by atoms with Crippen LogP contribution in [0.4, 0.5) is 0 Å². The van der Waals surface area contributed by atoms with Gasteiger partial charge in [0.05, 0.1) is 17.2 Å². The zero-order valence-electron chi connectivity index (χ0n) is 10.2. The zero-order valence-corrected chi connectivity index (χ0v) is 10.2. The van der Waals surface area contributed by atoms with Crippen LogP contribution in [0.15, 0.2) is 18.5 Å². The lowest BCUT2D eigenvalue weighted by Gasteiger charge is -2.36. The van der Waals surface area contributed by atoms with Crippen LogP contribution in [0.3, 0.4) is 0 Å². The van der Waals surface area contributed by atoms with Gasteiger partial charge in [0.1, 0.15) is 5.82 Å². The van der Waals surface area contributed by atoms with Gasteiger partial charge in [-0.3, -0.25) is 4.98 Å². The molecule has 2 aromatic heterocycles. The van der Waals surface area contributed by atoms with Gasteiger partial charge in [0.15, 0.2) is 0 Å². The number of H-pyrrole nitrogens is 1. The molecule has 0 bridgehead atoms.